The molecule has 0 heterocycles. The molecule has 22 heavy (non-hydrogen) atoms. The fraction of sp³-hybridized carbons (Fsp3) is 0.800. The van der Waals surface area contributed by atoms with E-state index < -0.39 is 6.03 Å². The molecule has 0 spiro atoms. The molecule has 1 rings (SSSR count). The molecule has 0 aromatic heterocycles. The molecule has 3 N–H and O–H groups in total. The number of thioether (sulfide) groups is 1. The summed E-state index contributed by atoms with van der Waals surface area (Å²) in [6.07, 6.45) is 3.73. The molecule has 0 aromatic rings. The highest BCUT2D eigenvalue weighted by molar-refractivity contribution is 8.13. The van der Waals surface area contributed by atoms with Crippen LogP contribution in [0.1, 0.15) is 47.5 Å². The first-order valence-corrected chi connectivity index (χ1v) is 8.85. The Bertz CT molecular complexity index is 435. The topological polar surface area (TPSA) is 82.6 Å². The Morgan fingerprint density at radius 1 is 1.14 bits per heavy atom. The van der Waals surface area contributed by atoms with E-state index in [1.54, 1.807) is 6.26 Å². The van der Waals surface area contributed by atoms with Gasteiger partial charge < -0.3 is 10.6 Å². The van der Waals surface area contributed by atoms with E-state index >= 15 is 0 Å². The fourth-order valence-corrected chi connectivity index (χ4v) is 2.84. The van der Waals surface area contributed by atoms with Crippen LogP contribution in [0.25, 0.3) is 0 Å². The first kappa shape index (κ1) is 18.8. The van der Waals surface area contributed by atoms with Gasteiger partial charge in [0, 0.05) is 11.6 Å². The molecule has 7 heteroatoms. The first-order chi connectivity index (χ1) is 10.1. The van der Waals surface area contributed by atoms with Crippen molar-refractivity contribution in [3.8, 4) is 0 Å². The van der Waals surface area contributed by atoms with Crippen molar-refractivity contribution in [1.29, 1.82) is 0 Å². The number of amides is 4. The number of hydrogen-bond donors (Lipinski definition) is 3. The van der Waals surface area contributed by atoms with Gasteiger partial charge in [-0.15, -0.1) is 0 Å². The number of amidine groups is 1. The smallest absolute Gasteiger partial charge is 0.333 e. The SMILES string of the molecule is CSC(=NC(=O)NC1CC(C)C(C)C1)NC(=O)NC(C)(C)C. The van der Waals surface area contributed by atoms with Gasteiger partial charge in [-0.05, 0) is 51.7 Å². The predicted octanol–water partition coefficient (Wildman–Crippen LogP) is 2.95. The molecule has 6 nitrogen and oxygen atoms in total. The van der Waals surface area contributed by atoms with E-state index in [0.29, 0.717) is 17.0 Å². The van der Waals surface area contributed by atoms with Crippen LogP contribution in [0.4, 0.5) is 9.59 Å². The summed E-state index contributed by atoms with van der Waals surface area (Å²) >= 11 is 1.23. The molecule has 1 aliphatic carbocycles. The highest BCUT2D eigenvalue weighted by atomic mass is 32.2. The lowest BCUT2D eigenvalue weighted by molar-refractivity contribution is 0.237. The maximum Gasteiger partial charge on any atom is 0.343 e. The zero-order chi connectivity index (χ0) is 16.9. The Morgan fingerprint density at radius 2 is 1.68 bits per heavy atom. The second-order valence-corrected chi connectivity index (χ2v) is 7.82. The number of carbonyl (C=O) groups is 2. The van der Waals surface area contributed by atoms with E-state index in [-0.39, 0.29) is 17.6 Å². The molecule has 0 saturated heterocycles. The predicted molar refractivity (Wildman–Crippen MR) is 92.3 cm³/mol. The van der Waals surface area contributed by atoms with Crippen LogP contribution < -0.4 is 16.0 Å². The number of urea groups is 2. The normalized spacial score (nSPS) is 25.7. The Hall–Kier alpha value is -1.24. The van der Waals surface area contributed by atoms with Gasteiger partial charge in [-0.2, -0.15) is 4.99 Å². The Morgan fingerprint density at radius 3 is 2.14 bits per heavy atom. The number of aliphatic imine (C=N–C) groups is 1. The average Bonchev–Trinajstić information content (AvgIpc) is 2.64. The van der Waals surface area contributed by atoms with Crippen LogP contribution in [0.15, 0.2) is 4.99 Å². The van der Waals surface area contributed by atoms with Crippen molar-refractivity contribution >= 4 is 29.0 Å². The monoisotopic (exact) mass is 328 g/mol. The maximum atomic E-state index is 12.0. The third-order valence-electron chi connectivity index (χ3n) is 3.72. The number of carbonyl (C=O) groups excluding carboxylic acids is 2. The summed E-state index contributed by atoms with van der Waals surface area (Å²) in [5.74, 6) is 1.23. The summed E-state index contributed by atoms with van der Waals surface area (Å²) in [5, 5.41) is 8.57. The lowest BCUT2D eigenvalue weighted by atomic mass is 10.0. The number of rotatable bonds is 1. The van der Waals surface area contributed by atoms with Gasteiger partial charge in [0.25, 0.3) is 0 Å². The van der Waals surface area contributed by atoms with E-state index in [1.165, 1.54) is 11.8 Å². The van der Waals surface area contributed by atoms with Gasteiger partial charge in [0.1, 0.15) is 0 Å². The highest BCUT2D eigenvalue weighted by Crippen LogP contribution is 2.30. The van der Waals surface area contributed by atoms with Crippen LogP contribution in [0.3, 0.4) is 0 Å². The van der Waals surface area contributed by atoms with Crippen LogP contribution in [0, 0.1) is 11.8 Å². The lowest BCUT2D eigenvalue weighted by Crippen LogP contribution is -2.48. The number of hydrogen-bond acceptors (Lipinski definition) is 3. The van der Waals surface area contributed by atoms with Crippen molar-refractivity contribution in [3.05, 3.63) is 0 Å². The molecule has 2 atom stereocenters. The van der Waals surface area contributed by atoms with Crippen molar-refractivity contribution < 1.29 is 9.59 Å². The van der Waals surface area contributed by atoms with Crippen molar-refractivity contribution in [2.75, 3.05) is 6.26 Å². The third-order valence-corrected chi connectivity index (χ3v) is 4.30. The summed E-state index contributed by atoms with van der Waals surface area (Å²) in [6.45, 7) is 10.1. The van der Waals surface area contributed by atoms with Crippen LogP contribution in [0.2, 0.25) is 0 Å². The van der Waals surface area contributed by atoms with E-state index in [2.05, 4.69) is 34.8 Å². The standard InChI is InChI=1S/C15H28N4O2S/c1-9-7-11(8-10(9)2)16-12(20)17-14(22-6)18-13(21)19-15(3,4)5/h9-11H,7-8H2,1-6H3,(H3,16,17,18,19,20,21). The molecule has 0 bridgehead atoms. The zero-order valence-corrected chi connectivity index (χ0v) is 15.1. The van der Waals surface area contributed by atoms with Gasteiger partial charge in [-0.25, -0.2) is 9.59 Å². The van der Waals surface area contributed by atoms with Crippen molar-refractivity contribution in [3.63, 3.8) is 0 Å². The van der Waals surface area contributed by atoms with E-state index in [0.717, 1.165) is 12.8 Å². The quantitative estimate of drug-likeness (QED) is 0.511. The van der Waals surface area contributed by atoms with Gasteiger partial charge in [-0.1, -0.05) is 25.6 Å². The minimum atomic E-state index is -0.397. The molecular formula is C15H28N4O2S. The molecule has 4 amide bonds. The van der Waals surface area contributed by atoms with E-state index in [1.807, 2.05) is 20.8 Å². The molecule has 2 unspecified atom stereocenters. The number of nitrogens with zero attached hydrogens (tertiary/aromatic N) is 1. The molecule has 1 saturated carbocycles. The Labute approximate surface area is 137 Å². The second kappa shape index (κ2) is 7.85. The Kier molecular flexibility index (Phi) is 6.71. The zero-order valence-electron chi connectivity index (χ0n) is 14.3. The van der Waals surface area contributed by atoms with Crippen molar-refractivity contribution in [1.82, 2.24) is 16.0 Å². The lowest BCUT2D eigenvalue weighted by Gasteiger charge is -2.20. The maximum absolute atomic E-state index is 12.0. The minimum Gasteiger partial charge on any atom is -0.333 e. The van der Waals surface area contributed by atoms with Gasteiger partial charge >= 0.3 is 12.1 Å². The van der Waals surface area contributed by atoms with Crippen molar-refractivity contribution in [2.45, 2.75) is 59.0 Å². The first-order valence-electron chi connectivity index (χ1n) is 7.63. The molecule has 0 radical (unpaired) electrons. The molecule has 0 aromatic carbocycles. The van der Waals surface area contributed by atoms with E-state index in [4.69, 9.17) is 0 Å². The van der Waals surface area contributed by atoms with Crippen LogP contribution >= 0.6 is 11.8 Å². The molecule has 0 aliphatic heterocycles. The second-order valence-electron chi connectivity index (χ2n) is 7.02. The van der Waals surface area contributed by atoms with Gasteiger partial charge in [0.2, 0.25) is 0 Å². The van der Waals surface area contributed by atoms with Gasteiger partial charge in [-0.3, -0.25) is 5.32 Å². The molecule has 126 valence electrons. The number of nitrogens with one attached hydrogen (secondary N) is 3. The fourth-order valence-electron chi connectivity index (χ4n) is 2.47. The summed E-state index contributed by atoms with van der Waals surface area (Å²) in [7, 11) is 0. The van der Waals surface area contributed by atoms with E-state index in [9.17, 15) is 9.59 Å². The minimum absolute atomic E-state index is 0.174. The summed E-state index contributed by atoms with van der Waals surface area (Å²) in [5.41, 5.74) is -0.341. The van der Waals surface area contributed by atoms with Crippen LogP contribution in [0.5, 0.6) is 0 Å². The van der Waals surface area contributed by atoms with Crippen molar-refractivity contribution in [2.24, 2.45) is 16.8 Å². The summed E-state index contributed by atoms with van der Waals surface area (Å²) in [6, 6.07) is -0.587. The molecular weight excluding hydrogens is 300 g/mol. The molecule has 1 aliphatic rings. The average molecular weight is 328 g/mol. The van der Waals surface area contributed by atoms with Crippen LogP contribution in [-0.4, -0.2) is 35.1 Å². The highest BCUT2D eigenvalue weighted by Gasteiger charge is 2.29. The summed E-state index contributed by atoms with van der Waals surface area (Å²) < 4.78 is 0. The largest absolute Gasteiger partial charge is 0.343 e. The van der Waals surface area contributed by atoms with Crippen LogP contribution in [-0.2, 0) is 0 Å². The summed E-state index contributed by atoms with van der Waals surface area (Å²) in [4.78, 5) is 27.7. The molecule has 1 fully saturated rings. The Balaban J connectivity index is 2.53. The van der Waals surface area contributed by atoms with Gasteiger partial charge in [0.15, 0.2) is 5.17 Å². The third kappa shape index (κ3) is 6.68. The van der Waals surface area contributed by atoms with Gasteiger partial charge in [0.05, 0.1) is 0 Å².